The van der Waals surface area contributed by atoms with Crippen molar-refractivity contribution in [1.82, 2.24) is 9.88 Å². The summed E-state index contributed by atoms with van der Waals surface area (Å²) in [6, 6.07) is 7.89. The van der Waals surface area contributed by atoms with Crippen LogP contribution in [0.15, 0.2) is 36.4 Å². The highest BCUT2D eigenvalue weighted by atomic mass is 19.4. The van der Waals surface area contributed by atoms with Crippen molar-refractivity contribution in [3.8, 4) is 0 Å². The van der Waals surface area contributed by atoms with Crippen molar-refractivity contribution in [3.05, 3.63) is 64.5 Å². The molecule has 0 saturated carbocycles. The quantitative estimate of drug-likeness (QED) is 0.503. The van der Waals surface area contributed by atoms with E-state index in [4.69, 9.17) is 9.72 Å². The first-order chi connectivity index (χ1) is 16.3. The molecule has 1 N–H and O–H groups in total. The number of carboxylic acids is 1. The molecule has 0 spiro atoms. The van der Waals surface area contributed by atoms with Gasteiger partial charge in [0, 0.05) is 31.1 Å². The molecule has 5 nitrogen and oxygen atoms in total. The lowest BCUT2D eigenvalue weighted by molar-refractivity contribution is -0.145. The molecule has 4 rings (SSSR count). The fourth-order valence-corrected chi connectivity index (χ4v) is 5.03. The Kier molecular flexibility index (Phi) is 7.88. The summed E-state index contributed by atoms with van der Waals surface area (Å²) in [5, 5.41) is 9.74. The number of fused-ring (bicyclic) bond motifs is 1. The van der Waals surface area contributed by atoms with Gasteiger partial charge in [0.25, 0.3) is 0 Å². The van der Waals surface area contributed by atoms with Gasteiger partial charge in [0.05, 0.1) is 11.7 Å². The molecular weight excluding hydrogens is 445 g/mol. The Morgan fingerprint density at radius 1 is 1.15 bits per heavy atom. The smallest absolute Gasteiger partial charge is 0.416 e. The molecule has 1 fully saturated rings. The molecule has 0 amide bonds. The second-order valence-electron chi connectivity index (χ2n) is 9.17. The minimum Gasteiger partial charge on any atom is -0.480 e. The van der Waals surface area contributed by atoms with Crippen LogP contribution in [0.2, 0.25) is 0 Å². The number of nitrogens with zero attached hydrogens (tertiary/aromatic N) is 2. The van der Waals surface area contributed by atoms with Crippen molar-refractivity contribution in [2.45, 2.75) is 69.7 Å². The van der Waals surface area contributed by atoms with Gasteiger partial charge in [-0.3, -0.25) is 14.7 Å². The number of alkyl halides is 3. The Balaban J connectivity index is 1.26. The molecule has 0 bridgehead atoms. The number of hydrogen-bond donors (Lipinski definition) is 1. The summed E-state index contributed by atoms with van der Waals surface area (Å²) < 4.78 is 46.3. The molecule has 0 unspecified atom stereocenters. The van der Waals surface area contributed by atoms with E-state index < -0.39 is 23.8 Å². The number of benzene rings is 1. The number of likely N-dealkylation sites (tertiary alicyclic amines) is 1. The number of rotatable bonds is 9. The summed E-state index contributed by atoms with van der Waals surface area (Å²) in [5.41, 5.74) is 2.61. The van der Waals surface area contributed by atoms with Crippen LogP contribution in [0.4, 0.5) is 13.2 Å². The second-order valence-corrected chi connectivity index (χ2v) is 9.17. The lowest BCUT2D eigenvalue weighted by Gasteiger charge is -2.27. The molecule has 1 aromatic carbocycles. The minimum atomic E-state index is -4.60. The summed E-state index contributed by atoms with van der Waals surface area (Å²) >= 11 is 0. The van der Waals surface area contributed by atoms with Gasteiger partial charge in [-0.1, -0.05) is 24.3 Å². The Morgan fingerprint density at radius 3 is 2.74 bits per heavy atom. The number of aryl methyl sites for hydroxylation is 3. The van der Waals surface area contributed by atoms with E-state index in [0.29, 0.717) is 26.1 Å². The topological polar surface area (TPSA) is 62.7 Å². The fourth-order valence-electron chi connectivity index (χ4n) is 5.03. The standard InChI is InChI=1S/C26H31F3N2O3/c27-26(28,29)22-10-3-2-9-21(22)24(25(32)33)31-15-14-20(17-31)34-16-6-5-8-19-13-12-18-7-1-4-11-23(18)30-19/h2-3,9-10,12-13,20,24H,1,4-8,11,14-17H2,(H,32,33)/t20-,24+/m1/s1. The zero-order valence-corrected chi connectivity index (χ0v) is 19.2. The zero-order valence-electron chi connectivity index (χ0n) is 19.2. The SMILES string of the molecule is O=C(O)[C@H](c1ccccc1C(F)(F)F)N1CC[C@@H](OCCCCc2ccc3c(n2)CCCC3)C1. The number of pyridine rings is 1. The van der Waals surface area contributed by atoms with Crippen molar-refractivity contribution < 1.29 is 27.8 Å². The number of carboxylic acid groups (broad SMARTS) is 1. The van der Waals surface area contributed by atoms with E-state index in [1.165, 1.54) is 42.3 Å². The Morgan fingerprint density at radius 2 is 1.94 bits per heavy atom. The summed E-state index contributed by atoms with van der Waals surface area (Å²) in [6.07, 6.45) is 3.15. The number of carbonyl (C=O) groups is 1. The van der Waals surface area contributed by atoms with Crippen molar-refractivity contribution >= 4 is 5.97 Å². The highest BCUT2D eigenvalue weighted by molar-refractivity contribution is 5.76. The van der Waals surface area contributed by atoms with Crippen molar-refractivity contribution in [2.75, 3.05) is 19.7 Å². The van der Waals surface area contributed by atoms with Crippen molar-refractivity contribution in [2.24, 2.45) is 0 Å². The zero-order chi connectivity index (χ0) is 24.1. The first-order valence-electron chi connectivity index (χ1n) is 12.0. The predicted molar refractivity (Wildman–Crippen MR) is 122 cm³/mol. The summed E-state index contributed by atoms with van der Waals surface area (Å²) in [6.45, 7) is 1.22. The summed E-state index contributed by atoms with van der Waals surface area (Å²) in [4.78, 5) is 18.3. The van der Waals surface area contributed by atoms with Gasteiger partial charge < -0.3 is 9.84 Å². The largest absolute Gasteiger partial charge is 0.480 e. The number of unbranched alkanes of at least 4 members (excludes halogenated alkanes) is 1. The van der Waals surface area contributed by atoms with Crippen molar-refractivity contribution in [3.63, 3.8) is 0 Å². The van der Waals surface area contributed by atoms with Crippen LogP contribution >= 0.6 is 0 Å². The molecule has 2 aliphatic rings. The van der Waals surface area contributed by atoms with E-state index >= 15 is 0 Å². The van der Waals surface area contributed by atoms with Crippen LogP contribution in [0.1, 0.15) is 66.2 Å². The number of halogens is 3. The molecule has 1 aliphatic carbocycles. The highest BCUT2D eigenvalue weighted by Crippen LogP contribution is 2.37. The highest BCUT2D eigenvalue weighted by Gasteiger charge is 2.40. The van der Waals surface area contributed by atoms with Crippen LogP contribution in [-0.4, -0.2) is 46.8 Å². The van der Waals surface area contributed by atoms with E-state index in [-0.39, 0.29) is 11.7 Å². The first-order valence-corrected chi connectivity index (χ1v) is 12.0. The van der Waals surface area contributed by atoms with Gasteiger partial charge in [-0.15, -0.1) is 0 Å². The first kappa shape index (κ1) is 24.7. The van der Waals surface area contributed by atoms with Gasteiger partial charge in [-0.25, -0.2) is 0 Å². The summed E-state index contributed by atoms with van der Waals surface area (Å²) in [5.74, 6) is -1.28. The van der Waals surface area contributed by atoms with E-state index in [2.05, 4.69) is 12.1 Å². The Hall–Kier alpha value is -2.45. The van der Waals surface area contributed by atoms with Crippen LogP contribution in [0, 0.1) is 0 Å². The third-order valence-corrected chi connectivity index (χ3v) is 6.75. The number of aromatic nitrogens is 1. The van der Waals surface area contributed by atoms with Gasteiger partial charge in [0.15, 0.2) is 0 Å². The molecule has 8 heteroatoms. The number of ether oxygens (including phenoxy) is 1. The third-order valence-electron chi connectivity index (χ3n) is 6.75. The van der Waals surface area contributed by atoms with Gasteiger partial charge in [0.2, 0.25) is 0 Å². The van der Waals surface area contributed by atoms with Crippen LogP contribution in [0.5, 0.6) is 0 Å². The fraction of sp³-hybridized carbons (Fsp3) is 0.538. The van der Waals surface area contributed by atoms with E-state index in [9.17, 15) is 23.1 Å². The second kappa shape index (κ2) is 10.9. The van der Waals surface area contributed by atoms with Gasteiger partial charge in [-0.05, 0) is 74.6 Å². The molecule has 1 saturated heterocycles. The van der Waals surface area contributed by atoms with Gasteiger partial charge >= 0.3 is 12.1 Å². The van der Waals surface area contributed by atoms with Crippen LogP contribution < -0.4 is 0 Å². The van der Waals surface area contributed by atoms with E-state index in [1.807, 2.05) is 0 Å². The molecule has 2 atom stereocenters. The number of hydrogen-bond acceptors (Lipinski definition) is 4. The van der Waals surface area contributed by atoms with Gasteiger partial charge in [0.1, 0.15) is 6.04 Å². The maximum Gasteiger partial charge on any atom is 0.416 e. The molecule has 1 aliphatic heterocycles. The summed E-state index contributed by atoms with van der Waals surface area (Å²) in [7, 11) is 0. The molecule has 2 aromatic rings. The Labute approximate surface area is 197 Å². The molecule has 2 heterocycles. The maximum absolute atomic E-state index is 13.4. The van der Waals surface area contributed by atoms with E-state index in [0.717, 1.165) is 43.9 Å². The molecular formula is C26H31F3N2O3. The molecule has 1 aromatic heterocycles. The lowest BCUT2D eigenvalue weighted by atomic mass is 9.95. The van der Waals surface area contributed by atoms with E-state index in [1.54, 1.807) is 4.90 Å². The normalized spacial score (nSPS) is 19.7. The predicted octanol–water partition coefficient (Wildman–Crippen LogP) is 5.22. The lowest BCUT2D eigenvalue weighted by Crippen LogP contribution is -2.34. The van der Waals surface area contributed by atoms with Gasteiger partial charge in [-0.2, -0.15) is 13.2 Å². The average Bonchev–Trinajstić information content (AvgIpc) is 3.26. The monoisotopic (exact) mass is 476 g/mol. The average molecular weight is 477 g/mol. The van der Waals surface area contributed by atoms with Crippen LogP contribution in [0.3, 0.4) is 0 Å². The molecule has 0 radical (unpaired) electrons. The molecule has 34 heavy (non-hydrogen) atoms. The number of aliphatic carboxylic acids is 1. The minimum absolute atomic E-state index is 0.179. The van der Waals surface area contributed by atoms with Crippen LogP contribution in [-0.2, 0) is 35.0 Å². The third kappa shape index (κ3) is 5.96. The Bertz CT molecular complexity index is 995. The molecule has 184 valence electrons. The maximum atomic E-state index is 13.4. The van der Waals surface area contributed by atoms with Crippen LogP contribution in [0.25, 0.3) is 0 Å². The van der Waals surface area contributed by atoms with Crippen molar-refractivity contribution in [1.29, 1.82) is 0 Å².